The number of nitrogens with zero attached hydrogens (tertiary/aromatic N) is 1. The van der Waals surface area contributed by atoms with Crippen molar-refractivity contribution in [2.45, 2.75) is 37.8 Å². The largest absolute Gasteiger partial charge is 0.324 e. The quantitative estimate of drug-likeness (QED) is 0.896. The van der Waals surface area contributed by atoms with E-state index in [0.717, 1.165) is 40.0 Å². The molecule has 1 saturated heterocycles. The number of hydrogen-bond donors (Lipinski definition) is 1. The number of benzene rings is 1. The van der Waals surface area contributed by atoms with E-state index in [9.17, 15) is 0 Å². The molecule has 1 aromatic rings. The Balaban J connectivity index is 1.57. The summed E-state index contributed by atoms with van der Waals surface area (Å²) in [6.07, 6.45) is 5.23. The predicted molar refractivity (Wildman–Crippen MR) is 83.4 cm³/mol. The number of hydrogen-bond acceptors (Lipinski definition) is 2. The van der Waals surface area contributed by atoms with Gasteiger partial charge in [0.25, 0.3) is 0 Å². The molecule has 2 nitrogen and oxygen atoms in total. The van der Waals surface area contributed by atoms with Crippen LogP contribution in [0.3, 0.4) is 0 Å². The highest BCUT2D eigenvalue weighted by Crippen LogP contribution is 2.37. The number of nitrogens with two attached hydrogens (primary N) is 1. The van der Waals surface area contributed by atoms with E-state index in [2.05, 4.69) is 20.8 Å². The molecule has 2 N–H and O–H groups in total. The standard InChI is InChI=1S/C15H20BrClN2/c16-11-2-4-13(14(17)8-11)15(18)5-6-19-9-10-1-3-12(19)7-10/h2,4,8,10,12,15H,1,3,5-7,9,18H2. The molecular formula is C15H20BrClN2. The number of rotatable bonds is 4. The summed E-state index contributed by atoms with van der Waals surface area (Å²) in [6, 6.07) is 6.85. The molecule has 2 bridgehead atoms. The molecule has 1 saturated carbocycles. The normalized spacial score (nSPS) is 27.9. The smallest absolute Gasteiger partial charge is 0.0464 e. The molecule has 0 spiro atoms. The predicted octanol–water partition coefficient (Wildman–Crippen LogP) is 3.98. The van der Waals surface area contributed by atoms with Crippen LogP contribution in [0.25, 0.3) is 0 Å². The molecule has 1 aliphatic heterocycles. The van der Waals surface area contributed by atoms with Crippen molar-refractivity contribution in [3.63, 3.8) is 0 Å². The highest BCUT2D eigenvalue weighted by molar-refractivity contribution is 9.10. The summed E-state index contributed by atoms with van der Waals surface area (Å²) in [5, 5.41) is 0.768. The van der Waals surface area contributed by atoms with Gasteiger partial charge in [-0.05, 0) is 49.3 Å². The molecule has 0 aromatic heterocycles. The fourth-order valence-corrected chi connectivity index (χ4v) is 4.38. The molecule has 0 radical (unpaired) electrons. The first kappa shape index (κ1) is 13.9. The van der Waals surface area contributed by atoms with Crippen molar-refractivity contribution in [2.75, 3.05) is 13.1 Å². The molecule has 4 heteroatoms. The molecule has 3 rings (SSSR count). The molecule has 1 aromatic carbocycles. The van der Waals surface area contributed by atoms with Gasteiger partial charge < -0.3 is 10.6 Å². The maximum absolute atomic E-state index is 6.30. The van der Waals surface area contributed by atoms with Gasteiger partial charge in [0, 0.05) is 34.7 Å². The Labute approximate surface area is 128 Å². The average Bonchev–Trinajstić information content (AvgIpc) is 2.98. The molecule has 2 aliphatic rings. The zero-order valence-corrected chi connectivity index (χ0v) is 13.3. The van der Waals surface area contributed by atoms with Crippen LogP contribution in [-0.2, 0) is 0 Å². The van der Waals surface area contributed by atoms with Gasteiger partial charge in [0.1, 0.15) is 0 Å². The van der Waals surface area contributed by atoms with E-state index in [-0.39, 0.29) is 6.04 Å². The van der Waals surface area contributed by atoms with Crippen LogP contribution >= 0.6 is 27.5 Å². The van der Waals surface area contributed by atoms with Crippen LogP contribution in [0.1, 0.15) is 37.3 Å². The van der Waals surface area contributed by atoms with Gasteiger partial charge in [0.15, 0.2) is 0 Å². The molecule has 104 valence electrons. The molecule has 0 amide bonds. The Morgan fingerprint density at radius 1 is 1.42 bits per heavy atom. The SMILES string of the molecule is NC(CCN1CC2CCC1C2)c1ccc(Br)cc1Cl. The van der Waals surface area contributed by atoms with Crippen molar-refractivity contribution in [1.82, 2.24) is 4.90 Å². The van der Waals surface area contributed by atoms with Gasteiger partial charge in [-0.25, -0.2) is 0 Å². The van der Waals surface area contributed by atoms with E-state index < -0.39 is 0 Å². The third-order valence-corrected chi connectivity index (χ3v) is 5.43. The lowest BCUT2D eigenvalue weighted by Gasteiger charge is -2.28. The Bertz CT molecular complexity index is 465. The van der Waals surface area contributed by atoms with Crippen molar-refractivity contribution in [3.05, 3.63) is 33.3 Å². The minimum Gasteiger partial charge on any atom is -0.324 e. The molecule has 3 unspecified atom stereocenters. The third-order valence-electron chi connectivity index (χ3n) is 4.61. The van der Waals surface area contributed by atoms with Gasteiger partial charge in [-0.1, -0.05) is 33.6 Å². The van der Waals surface area contributed by atoms with Gasteiger partial charge in [0.2, 0.25) is 0 Å². The Morgan fingerprint density at radius 3 is 2.89 bits per heavy atom. The van der Waals surface area contributed by atoms with Gasteiger partial charge >= 0.3 is 0 Å². The molecule has 3 atom stereocenters. The molecule has 2 fully saturated rings. The summed E-state index contributed by atoms with van der Waals surface area (Å²) < 4.78 is 1.00. The zero-order chi connectivity index (χ0) is 13.4. The monoisotopic (exact) mass is 342 g/mol. The van der Waals surface area contributed by atoms with Crippen LogP contribution in [0.2, 0.25) is 5.02 Å². The van der Waals surface area contributed by atoms with E-state index in [1.807, 2.05) is 18.2 Å². The molecule has 19 heavy (non-hydrogen) atoms. The highest BCUT2D eigenvalue weighted by Gasteiger charge is 2.37. The Kier molecular flexibility index (Phi) is 4.18. The fraction of sp³-hybridized carbons (Fsp3) is 0.600. The highest BCUT2D eigenvalue weighted by atomic mass is 79.9. The number of fused-ring (bicyclic) bond motifs is 2. The topological polar surface area (TPSA) is 29.3 Å². The second-order valence-corrected chi connectivity index (χ2v) is 7.21. The summed E-state index contributed by atoms with van der Waals surface area (Å²) in [7, 11) is 0. The van der Waals surface area contributed by atoms with Gasteiger partial charge in [-0.15, -0.1) is 0 Å². The zero-order valence-electron chi connectivity index (χ0n) is 11.0. The van der Waals surface area contributed by atoms with Crippen LogP contribution in [0.4, 0.5) is 0 Å². The number of likely N-dealkylation sites (tertiary alicyclic amines) is 1. The lowest BCUT2D eigenvalue weighted by molar-refractivity contribution is 0.206. The summed E-state index contributed by atoms with van der Waals surface area (Å²) in [5.74, 6) is 0.956. The van der Waals surface area contributed by atoms with Crippen molar-refractivity contribution in [3.8, 4) is 0 Å². The van der Waals surface area contributed by atoms with Crippen molar-refractivity contribution in [2.24, 2.45) is 11.7 Å². The second-order valence-electron chi connectivity index (χ2n) is 5.89. The van der Waals surface area contributed by atoms with Crippen LogP contribution in [0.15, 0.2) is 22.7 Å². The molecule has 1 heterocycles. The first-order chi connectivity index (χ1) is 9.13. The van der Waals surface area contributed by atoms with Gasteiger partial charge in [0.05, 0.1) is 0 Å². The number of halogens is 2. The first-order valence-electron chi connectivity index (χ1n) is 7.08. The lowest BCUT2D eigenvalue weighted by Crippen LogP contribution is -2.34. The summed E-state index contributed by atoms with van der Waals surface area (Å²) in [4.78, 5) is 2.63. The van der Waals surface area contributed by atoms with Crippen LogP contribution in [-0.4, -0.2) is 24.0 Å². The van der Waals surface area contributed by atoms with E-state index in [0.29, 0.717) is 0 Å². The van der Waals surface area contributed by atoms with Gasteiger partial charge in [-0.3, -0.25) is 0 Å². The van der Waals surface area contributed by atoms with Crippen LogP contribution in [0.5, 0.6) is 0 Å². The van der Waals surface area contributed by atoms with Gasteiger partial charge in [-0.2, -0.15) is 0 Å². The van der Waals surface area contributed by atoms with E-state index in [4.69, 9.17) is 17.3 Å². The Morgan fingerprint density at radius 2 is 2.26 bits per heavy atom. The van der Waals surface area contributed by atoms with Crippen LogP contribution in [0, 0.1) is 5.92 Å². The maximum atomic E-state index is 6.30. The third kappa shape index (κ3) is 2.99. The van der Waals surface area contributed by atoms with Crippen molar-refractivity contribution < 1.29 is 0 Å². The maximum Gasteiger partial charge on any atom is 0.0464 e. The lowest BCUT2D eigenvalue weighted by atomic mass is 10.0. The van der Waals surface area contributed by atoms with Crippen LogP contribution < -0.4 is 5.73 Å². The summed E-state index contributed by atoms with van der Waals surface area (Å²) >= 11 is 9.69. The minimum absolute atomic E-state index is 0.0414. The molecular weight excluding hydrogens is 324 g/mol. The van der Waals surface area contributed by atoms with E-state index in [1.54, 1.807) is 0 Å². The van der Waals surface area contributed by atoms with Crippen molar-refractivity contribution in [1.29, 1.82) is 0 Å². The minimum atomic E-state index is 0.0414. The summed E-state index contributed by atoms with van der Waals surface area (Å²) in [5.41, 5.74) is 7.36. The van der Waals surface area contributed by atoms with Crippen molar-refractivity contribution >= 4 is 27.5 Å². The first-order valence-corrected chi connectivity index (χ1v) is 8.25. The molecule has 1 aliphatic carbocycles. The van der Waals surface area contributed by atoms with E-state index >= 15 is 0 Å². The second kappa shape index (κ2) is 5.72. The fourth-order valence-electron chi connectivity index (χ4n) is 3.56. The summed E-state index contributed by atoms with van der Waals surface area (Å²) in [6.45, 7) is 2.39. The number of piperidine rings is 1. The van der Waals surface area contributed by atoms with E-state index in [1.165, 1.54) is 25.8 Å². The average molecular weight is 344 g/mol. The Hall–Kier alpha value is -0.0900.